The topological polar surface area (TPSA) is 78.4 Å². The van der Waals surface area contributed by atoms with Crippen LogP contribution < -0.4 is 10.2 Å². The van der Waals surface area contributed by atoms with E-state index in [2.05, 4.69) is 15.3 Å². The highest BCUT2D eigenvalue weighted by atomic mass is 16.3. The smallest absolute Gasteiger partial charge is 0.225 e. The molecule has 0 unspecified atom stereocenters. The molecule has 1 amide bonds. The first kappa shape index (κ1) is 12.8. The number of hydrogen-bond donors (Lipinski definition) is 2. The number of aliphatic hydroxyl groups is 1. The molecule has 0 bridgehead atoms. The Hall–Kier alpha value is -1.69. The molecule has 2 heterocycles. The van der Waals surface area contributed by atoms with E-state index < -0.39 is 6.10 Å². The molecule has 0 aliphatic carbocycles. The zero-order valence-electron chi connectivity index (χ0n) is 10.4. The van der Waals surface area contributed by atoms with Crippen LogP contribution in [0, 0.1) is 0 Å². The van der Waals surface area contributed by atoms with E-state index in [4.69, 9.17) is 0 Å². The molecule has 1 aromatic rings. The van der Waals surface area contributed by atoms with E-state index >= 15 is 0 Å². The Morgan fingerprint density at radius 1 is 1.39 bits per heavy atom. The number of rotatable bonds is 2. The van der Waals surface area contributed by atoms with Crippen LogP contribution in [0.2, 0.25) is 0 Å². The van der Waals surface area contributed by atoms with Crippen LogP contribution in [0.3, 0.4) is 0 Å². The molecule has 1 aromatic heterocycles. The van der Waals surface area contributed by atoms with Crippen LogP contribution in [0.4, 0.5) is 5.95 Å². The maximum Gasteiger partial charge on any atom is 0.225 e. The fraction of sp³-hybridized carbons (Fsp3) is 0.583. The van der Waals surface area contributed by atoms with Gasteiger partial charge in [0.1, 0.15) is 0 Å². The van der Waals surface area contributed by atoms with Crippen LogP contribution in [0.5, 0.6) is 0 Å². The molecule has 1 fully saturated rings. The second-order valence-corrected chi connectivity index (χ2v) is 4.49. The van der Waals surface area contributed by atoms with Crippen molar-refractivity contribution in [3.05, 3.63) is 18.5 Å². The van der Waals surface area contributed by atoms with Crippen molar-refractivity contribution < 1.29 is 9.90 Å². The van der Waals surface area contributed by atoms with E-state index in [1.807, 2.05) is 4.90 Å². The number of aliphatic hydroxyl groups excluding tert-OH is 1. The van der Waals surface area contributed by atoms with Crippen molar-refractivity contribution in [1.82, 2.24) is 15.3 Å². The van der Waals surface area contributed by atoms with E-state index in [9.17, 15) is 9.90 Å². The number of hydrogen-bond acceptors (Lipinski definition) is 5. The zero-order valence-corrected chi connectivity index (χ0v) is 10.4. The van der Waals surface area contributed by atoms with Gasteiger partial charge < -0.3 is 15.3 Å². The van der Waals surface area contributed by atoms with E-state index in [0.29, 0.717) is 25.3 Å². The first-order valence-electron chi connectivity index (χ1n) is 6.14. The van der Waals surface area contributed by atoms with E-state index in [1.165, 1.54) is 6.92 Å². The molecule has 6 nitrogen and oxygen atoms in total. The van der Waals surface area contributed by atoms with Crippen molar-refractivity contribution in [3.8, 4) is 0 Å². The number of anilines is 1. The highest BCUT2D eigenvalue weighted by Gasteiger charge is 2.26. The van der Waals surface area contributed by atoms with Crippen molar-refractivity contribution in [1.29, 1.82) is 0 Å². The standard InChI is InChI=1S/C12H18N4O2/c1-9(17)15-10-3-7-16(8-4-11(10)18)12-13-5-2-6-14-12/h2,5-6,10-11,18H,3-4,7-8H2,1H3,(H,15,17)/t10-,11-/m0/s1. The molecule has 1 saturated heterocycles. The number of nitrogens with zero attached hydrogens (tertiary/aromatic N) is 3. The number of carbonyl (C=O) groups excluding carboxylic acids is 1. The van der Waals surface area contributed by atoms with Crippen molar-refractivity contribution >= 4 is 11.9 Å². The monoisotopic (exact) mass is 250 g/mol. The summed E-state index contributed by atoms with van der Waals surface area (Å²) in [5, 5.41) is 12.8. The van der Waals surface area contributed by atoms with Crippen molar-refractivity contribution in [2.24, 2.45) is 0 Å². The molecule has 18 heavy (non-hydrogen) atoms. The summed E-state index contributed by atoms with van der Waals surface area (Å²) in [4.78, 5) is 21.5. The highest BCUT2D eigenvalue weighted by Crippen LogP contribution is 2.15. The van der Waals surface area contributed by atoms with Crippen LogP contribution in [-0.4, -0.2) is 46.2 Å². The maximum atomic E-state index is 11.1. The van der Waals surface area contributed by atoms with Crippen molar-refractivity contribution in [2.75, 3.05) is 18.0 Å². The lowest BCUT2D eigenvalue weighted by atomic mass is 10.1. The third-order valence-electron chi connectivity index (χ3n) is 3.09. The van der Waals surface area contributed by atoms with Gasteiger partial charge in [0, 0.05) is 32.4 Å². The van der Waals surface area contributed by atoms with Gasteiger partial charge in [0.2, 0.25) is 11.9 Å². The molecule has 1 aliphatic heterocycles. The van der Waals surface area contributed by atoms with Gasteiger partial charge in [0.15, 0.2) is 0 Å². The number of nitrogens with one attached hydrogen (secondary N) is 1. The Kier molecular flexibility index (Phi) is 4.09. The predicted molar refractivity (Wildman–Crippen MR) is 67.1 cm³/mol. The summed E-state index contributed by atoms with van der Waals surface area (Å²) in [7, 11) is 0. The SMILES string of the molecule is CC(=O)N[C@H]1CCN(c2ncccn2)CC[C@@H]1O. The molecule has 0 spiro atoms. The second kappa shape index (κ2) is 5.77. The molecular weight excluding hydrogens is 232 g/mol. The molecule has 0 saturated carbocycles. The molecule has 98 valence electrons. The number of amides is 1. The lowest BCUT2D eigenvalue weighted by Crippen LogP contribution is -2.42. The first-order valence-corrected chi connectivity index (χ1v) is 6.14. The fourth-order valence-corrected chi connectivity index (χ4v) is 2.17. The summed E-state index contributed by atoms with van der Waals surface area (Å²) in [6.07, 6.45) is 4.19. The minimum absolute atomic E-state index is 0.108. The Morgan fingerprint density at radius 3 is 2.72 bits per heavy atom. The van der Waals surface area contributed by atoms with Crippen LogP contribution in [-0.2, 0) is 4.79 Å². The van der Waals surface area contributed by atoms with Crippen LogP contribution in [0.25, 0.3) is 0 Å². The summed E-state index contributed by atoms with van der Waals surface area (Å²) < 4.78 is 0. The maximum absolute atomic E-state index is 11.1. The summed E-state index contributed by atoms with van der Waals surface area (Å²) in [6.45, 7) is 2.89. The van der Waals surface area contributed by atoms with Gasteiger partial charge in [0.05, 0.1) is 12.1 Å². The lowest BCUT2D eigenvalue weighted by Gasteiger charge is -2.20. The van der Waals surface area contributed by atoms with Crippen molar-refractivity contribution in [2.45, 2.75) is 31.9 Å². The van der Waals surface area contributed by atoms with Gasteiger partial charge in [-0.05, 0) is 18.9 Å². The average molecular weight is 250 g/mol. The summed E-state index contributed by atoms with van der Waals surface area (Å²) in [5.41, 5.74) is 0. The molecule has 0 radical (unpaired) electrons. The van der Waals surface area contributed by atoms with Crippen LogP contribution in [0.15, 0.2) is 18.5 Å². The molecule has 1 aliphatic rings. The molecule has 2 rings (SSSR count). The summed E-state index contributed by atoms with van der Waals surface area (Å²) in [6, 6.07) is 1.59. The third-order valence-corrected chi connectivity index (χ3v) is 3.09. The van der Waals surface area contributed by atoms with Gasteiger partial charge in [-0.2, -0.15) is 0 Å². The van der Waals surface area contributed by atoms with Gasteiger partial charge in [-0.3, -0.25) is 4.79 Å². The second-order valence-electron chi connectivity index (χ2n) is 4.49. The van der Waals surface area contributed by atoms with Gasteiger partial charge in [-0.1, -0.05) is 0 Å². The van der Waals surface area contributed by atoms with E-state index in [0.717, 1.165) is 6.54 Å². The van der Waals surface area contributed by atoms with Crippen LogP contribution in [0.1, 0.15) is 19.8 Å². The average Bonchev–Trinajstić information content (AvgIpc) is 2.54. The quantitative estimate of drug-likeness (QED) is 0.769. The van der Waals surface area contributed by atoms with E-state index in [-0.39, 0.29) is 11.9 Å². The molecule has 2 atom stereocenters. The number of carbonyl (C=O) groups is 1. The molecular formula is C12H18N4O2. The Balaban J connectivity index is 2.01. The molecule has 0 aromatic carbocycles. The minimum Gasteiger partial charge on any atom is -0.391 e. The normalized spacial score (nSPS) is 24.4. The van der Waals surface area contributed by atoms with Gasteiger partial charge in [0.25, 0.3) is 0 Å². The first-order chi connectivity index (χ1) is 8.66. The van der Waals surface area contributed by atoms with Crippen molar-refractivity contribution in [3.63, 3.8) is 0 Å². The van der Waals surface area contributed by atoms with Gasteiger partial charge in [-0.25, -0.2) is 9.97 Å². The summed E-state index contributed by atoms with van der Waals surface area (Å²) >= 11 is 0. The third kappa shape index (κ3) is 3.16. The fourth-order valence-electron chi connectivity index (χ4n) is 2.17. The van der Waals surface area contributed by atoms with Gasteiger partial charge in [-0.15, -0.1) is 0 Å². The Bertz CT molecular complexity index is 398. The van der Waals surface area contributed by atoms with Gasteiger partial charge >= 0.3 is 0 Å². The largest absolute Gasteiger partial charge is 0.391 e. The van der Waals surface area contributed by atoms with Crippen LogP contribution >= 0.6 is 0 Å². The molecule has 2 N–H and O–H groups in total. The minimum atomic E-state index is -0.511. The zero-order chi connectivity index (χ0) is 13.0. The molecule has 6 heteroatoms. The Morgan fingerprint density at radius 2 is 2.06 bits per heavy atom. The summed E-state index contributed by atoms with van der Waals surface area (Å²) in [5.74, 6) is 0.566. The predicted octanol–water partition coefficient (Wildman–Crippen LogP) is -0.0576. The Labute approximate surface area is 106 Å². The van der Waals surface area contributed by atoms with E-state index in [1.54, 1.807) is 18.5 Å². The number of aromatic nitrogens is 2. The lowest BCUT2D eigenvalue weighted by molar-refractivity contribution is -0.120. The highest BCUT2D eigenvalue weighted by molar-refractivity contribution is 5.73.